The highest BCUT2D eigenvalue weighted by molar-refractivity contribution is 7.15. The normalized spacial score (nSPS) is 10.8. The van der Waals surface area contributed by atoms with Gasteiger partial charge in [-0.3, -0.25) is 0 Å². The maximum atomic E-state index is 13.6. The highest BCUT2D eigenvalue weighted by Gasteiger charge is 2.13. The molecule has 0 saturated heterocycles. The quantitative estimate of drug-likeness (QED) is 0.587. The lowest BCUT2D eigenvalue weighted by molar-refractivity contribution is 0.661. The van der Waals surface area contributed by atoms with Gasteiger partial charge in [0.2, 0.25) is 0 Å². The summed E-state index contributed by atoms with van der Waals surface area (Å²) >= 11 is 4.40. The molecule has 16 heavy (non-hydrogen) atoms. The first-order valence-corrected chi connectivity index (χ1v) is 7.40. The smallest absolute Gasteiger partial charge is 0.185 e. The van der Waals surface area contributed by atoms with Gasteiger partial charge in [0.1, 0.15) is 0 Å². The van der Waals surface area contributed by atoms with E-state index in [1.54, 1.807) is 28.1 Å². The van der Waals surface area contributed by atoms with E-state index in [0.29, 0.717) is 0 Å². The van der Waals surface area contributed by atoms with Crippen molar-refractivity contribution >= 4 is 34.0 Å². The molecule has 0 aliphatic heterocycles. The van der Waals surface area contributed by atoms with Gasteiger partial charge < -0.3 is 0 Å². The van der Waals surface area contributed by atoms with Gasteiger partial charge in [0.15, 0.2) is 5.13 Å². The zero-order valence-electron chi connectivity index (χ0n) is 8.14. The SMILES string of the molecule is Fc1sccc1-c1sccc1-c1ccsc1. The van der Waals surface area contributed by atoms with Crippen LogP contribution in [0.15, 0.2) is 39.7 Å². The average Bonchev–Trinajstić information content (AvgIpc) is 2.95. The number of rotatable bonds is 2. The van der Waals surface area contributed by atoms with Gasteiger partial charge in [-0.2, -0.15) is 15.7 Å². The Morgan fingerprint density at radius 2 is 1.69 bits per heavy atom. The maximum absolute atomic E-state index is 13.6. The highest BCUT2D eigenvalue weighted by atomic mass is 32.1. The molecule has 0 aromatic carbocycles. The van der Waals surface area contributed by atoms with Crippen LogP contribution in [-0.2, 0) is 0 Å². The molecule has 3 aromatic heterocycles. The maximum Gasteiger partial charge on any atom is 0.185 e. The van der Waals surface area contributed by atoms with Crippen LogP contribution in [0.1, 0.15) is 0 Å². The van der Waals surface area contributed by atoms with Gasteiger partial charge in [-0.15, -0.1) is 22.7 Å². The summed E-state index contributed by atoms with van der Waals surface area (Å²) in [6.45, 7) is 0. The van der Waals surface area contributed by atoms with Gasteiger partial charge in [0, 0.05) is 16.0 Å². The van der Waals surface area contributed by atoms with Crippen LogP contribution in [0.5, 0.6) is 0 Å². The van der Waals surface area contributed by atoms with Crippen molar-refractivity contribution in [2.75, 3.05) is 0 Å². The summed E-state index contributed by atoms with van der Waals surface area (Å²) in [4.78, 5) is 1.03. The summed E-state index contributed by atoms with van der Waals surface area (Å²) in [7, 11) is 0. The number of hydrogen-bond acceptors (Lipinski definition) is 3. The molecular weight excluding hydrogens is 259 g/mol. The lowest BCUT2D eigenvalue weighted by atomic mass is 10.1. The molecule has 3 heterocycles. The first kappa shape index (κ1) is 10.2. The second-order valence-corrected chi connectivity index (χ2v) is 5.85. The predicted molar refractivity (Wildman–Crippen MR) is 70.9 cm³/mol. The van der Waals surface area contributed by atoms with E-state index in [9.17, 15) is 4.39 Å². The monoisotopic (exact) mass is 266 g/mol. The van der Waals surface area contributed by atoms with E-state index in [4.69, 9.17) is 0 Å². The molecule has 0 spiro atoms. The Kier molecular flexibility index (Phi) is 2.63. The topological polar surface area (TPSA) is 0 Å². The largest absolute Gasteiger partial charge is 0.194 e. The molecular formula is C12H7FS3. The molecule has 0 bridgehead atoms. The summed E-state index contributed by atoms with van der Waals surface area (Å²) in [5.74, 6) is 0. The second-order valence-electron chi connectivity index (χ2n) is 3.28. The fourth-order valence-corrected chi connectivity index (χ4v) is 3.90. The van der Waals surface area contributed by atoms with Crippen molar-refractivity contribution in [2.45, 2.75) is 0 Å². The van der Waals surface area contributed by atoms with Gasteiger partial charge >= 0.3 is 0 Å². The van der Waals surface area contributed by atoms with Gasteiger partial charge in [0.25, 0.3) is 0 Å². The average molecular weight is 266 g/mol. The minimum Gasteiger partial charge on any atom is -0.194 e. The Hall–Kier alpha value is -0.970. The third-order valence-electron chi connectivity index (χ3n) is 2.36. The first-order chi connectivity index (χ1) is 7.86. The number of hydrogen-bond donors (Lipinski definition) is 0. The van der Waals surface area contributed by atoms with E-state index in [1.807, 2.05) is 16.8 Å². The van der Waals surface area contributed by atoms with Gasteiger partial charge in [-0.05, 0) is 45.3 Å². The van der Waals surface area contributed by atoms with Crippen molar-refractivity contribution in [3.8, 4) is 21.6 Å². The Morgan fingerprint density at radius 1 is 0.875 bits per heavy atom. The van der Waals surface area contributed by atoms with Gasteiger partial charge in [0.05, 0.1) is 0 Å². The molecule has 0 atom stereocenters. The molecule has 0 saturated carbocycles. The van der Waals surface area contributed by atoms with E-state index in [1.165, 1.54) is 5.56 Å². The van der Waals surface area contributed by atoms with E-state index < -0.39 is 0 Å². The van der Waals surface area contributed by atoms with E-state index in [0.717, 1.165) is 27.3 Å². The highest BCUT2D eigenvalue weighted by Crippen LogP contribution is 2.39. The summed E-state index contributed by atoms with van der Waals surface area (Å²) < 4.78 is 13.6. The van der Waals surface area contributed by atoms with Crippen molar-refractivity contribution < 1.29 is 4.39 Å². The first-order valence-electron chi connectivity index (χ1n) is 4.69. The molecule has 4 heteroatoms. The molecule has 3 aromatic rings. The number of halogens is 1. The molecule has 80 valence electrons. The molecule has 3 rings (SSSR count). The van der Waals surface area contributed by atoms with Crippen molar-refractivity contribution in [2.24, 2.45) is 0 Å². The van der Waals surface area contributed by atoms with Gasteiger partial charge in [-0.25, -0.2) is 0 Å². The minimum atomic E-state index is -0.0982. The molecule has 0 nitrogen and oxygen atoms in total. The molecule has 0 aliphatic carbocycles. The Labute approximate surface area is 105 Å². The molecule has 0 radical (unpaired) electrons. The standard InChI is InChI=1S/C12H7FS3/c13-12-10(3-6-16-12)11-9(2-5-15-11)8-1-4-14-7-8/h1-7H. The predicted octanol–water partition coefficient (Wildman–Crippen LogP) is 5.34. The van der Waals surface area contributed by atoms with Crippen LogP contribution in [-0.4, -0.2) is 0 Å². The van der Waals surface area contributed by atoms with Crippen LogP contribution in [0.25, 0.3) is 21.6 Å². The van der Waals surface area contributed by atoms with Crippen LogP contribution in [0.3, 0.4) is 0 Å². The van der Waals surface area contributed by atoms with Gasteiger partial charge in [-0.1, -0.05) is 0 Å². The summed E-state index contributed by atoms with van der Waals surface area (Å²) in [6.07, 6.45) is 0. The number of thiophene rings is 3. The molecule has 0 unspecified atom stereocenters. The summed E-state index contributed by atoms with van der Waals surface area (Å²) in [6, 6.07) is 5.97. The van der Waals surface area contributed by atoms with Crippen LogP contribution in [0.4, 0.5) is 4.39 Å². The Balaban J connectivity index is 2.17. The Morgan fingerprint density at radius 3 is 2.38 bits per heavy atom. The minimum absolute atomic E-state index is 0.0982. The molecule has 0 amide bonds. The fraction of sp³-hybridized carbons (Fsp3) is 0. The molecule has 0 aliphatic rings. The van der Waals surface area contributed by atoms with Crippen molar-refractivity contribution in [3.05, 3.63) is 44.9 Å². The summed E-state index contributed by atoms with van der Waals surface area (Å²) in [5.41, 5.74) is 3.02. The fourth-order valence-electron chi connectivity index (χ4n) is 1.62. The molecule has 0 N–H and O–H groups in total. The third-order valence-corrected chi connectivity index (χ3v) is 4.69. The van der Waals surface area contributed by atoms with Crippen molar-refractivity contribution in [3.63, 3.8) is 0 Å². The third kappa shape index (κ3) is 1.63. The van der Waals surface area contributed by atoms with Crippen molar-refractivity contribution in [1.82, 2.24) is 0 Å². The van der Waals surface area contributed by atoms with E-state index >= 15 is 0 Å². The van der Waals surface area contributed by atoms with E-state index in [-0.39, 0.29) is 5.13 Å². The Bertz CT molecular complexity index is 589. The zero-order valence-corrected chi connectivity index (χ0v) is 10.6. The van der Waals surface area contributed by atoms with Crippen LogP contribution in [0, 0.1) is 5.13 Å². The van der Waals surface area contributed by atoms with Crippen LogP contribution < -0.4 is 0 Å². The van der Waals surface area contributed by atoms with Crippen LogP contribution >= 0.6 is 34.0 Å². The van der Waals surface area contributed by atoms with Crippen molar-refractivity contribution in [1.29, 1.82) is 0 Å². The van der Waals surface area contributed by atoms with Crippen LogP contribution in [0.2, 0.25) is 0 Å². The zero-order chi connectivity index (χ0) is 11.0. The second kappa shape index (κ2) is 4.13. The summed E-state index contributed by atoms with van der Waals surface area (Å²) in [5, 5.41) is 7.84. The lowest BCUT2D eigenvalue weighted by Gasteiger charge is -1.99. The lowest BCUT2D eigenvalue weighted by Crippen LogP contribution is -1.76. The van der Waals surface area contributed by atoms with E-state index in [2.05, 4.69) is 17.5 Å². The molecule has 0 fully saturated rings.